The Kier molecular flexibility index (Phi) is 5.87. The predicted octanol–water partition coefficient (Wildman–Crippen LogP) is 4.22. The van der Waals surface area contributed by atoms with Crippen molar-refractivity contribution in [3.63, 3.8) is 0 Å². The highest BCUT2D eigenvalue weighted by Crippen LogP contribution is 2.31. The van der Waals surface area contributed by atoms with Crippen LogP contribution in [-0.4, -0.2) is 24.3 Å². The van der Waals surface area contributed by atoms with Crippen LogP contribution in [0.2, 0.25) is 0 Å². The van der Waals surface area contributed by atoms with Gasteiger partial charge in [0.25, 0.3) is 0 Å². The molecule has 0 spiro atoms. The molecule has 120 valence electrons. The van der Waals surface area contributed by atoms with Gasteiger partial charge in [-0.25, -0.2) is 4.79 Å². The van der Waals surface area contributed by atoms with Gasteiger partial charge >= 0.3 is 5.97 Å². The Hall–Kier alpha value is -1.97. The summed E-state index contributed by atoms with van der Waals surface area (Å²) in [5.74, 6) is 0.568. The smallest absolute Gasteiger partial charge is 0.339 e. The van der Waals surface area contributed by atoms with Crippen molar-refractivity contribution in [2.45, 2.75) is 39.0 Å². The maximum absolute atomic E-state index is 11.5. The van der Waals surface area contributed by atoms with Crippen molar-refractivity contribution in [3.05, 3.63) is 35.9 Å². The van der Waals surface area contributed by atoms with Crippen LogP contribution in [0, 0.1) is 12.8 Å². The second kappa shape index (κ2) is 7.87. The van der Waals surface area contributed by atoms with Crippen molar-refractivity contribution >= 4 is 5.97 Å². The Labute approximate surface area is 131 Å². The number of aromatic carboxylic acids is 1. The number of carboxylic acids is 1. The largest absolute Gasteiger partial charge is 0.492 e. The van der Waals surface area contributed by atoms with E-state index < -0.39 is 5.97 Å². The maximum atomic E-state index is 11.5. The van der Waals surface area contributed by atoms with E-state index in [9.17, 15) is 9.90 Å². The van der Waals surface area contributed by atoms with E-state index >= 15 is 0 Å². The average molecular weight is 304 g/mol. The van der Waals surface area contributed by atoms with Crippen molar-refractivity contribution in [1.82, 2.24) is 0 Å². The van der Waals surface area contributed by atoms with E-state index in [1.54, 1.807) is 25.1 Å². The number of aryl methyl sites for hydroxylation is 1. The van der Waals surface area contributed by atoms with Gasteiger partial charge in [0.15, 0.2) is 0 Å². The molecule has 0 amide bonds. The molecule has 1 N–H and O–H groups in total. The molecule has 1 aliphatic carbocycles. The summed E-state index contributed by atoms with van der Waals surface area (Å²) in [6.45, 7) is 6.33. The zero-order valence-electron chi connectivity index (χ0n) is 13.1. The first-order valence-corrected chi connectivity index (χ1v) is 7.86. The summed E-state index contributed by atoms with van der Waals surface area (Å²) in [6, 6.07) is 3.39. The van der Waals surface area contributed by atoms with Crippen LogP contribution in [0.4, 0.5) is 0 Å². The van der Waals surface area contributed by atoms with Crippen LogP contribution in [0.25, 0.3) is 0 Å². The van der Waals surface area contributed by atoms with Gasteiger partial charge in [0, 0.05) is 6.07 Å². The fourth-order valence-corrected chi connectivity index (χ4v) is 2.91. The molecule has 1 aromatic rings. The number of ether oxygens (including phenoxy) is 2. The van der Waals surface area contributed by atoms with Crippen molar-refractivity contribution < 1.29 is 19.4 Å². The first-order chi connectivity index (χ1) is 10.6. The molecule has 1 aromatic carbocycles. The van der Waals surface area contributed by atoms with Crippen LogP contribution in [0.5, 0.6) is 11.5 Å². The summed E-state index contributed by atoms with van der Waals surface area (Å²) in [4.78, 5) is 11.5. The third-order valence-electron chi connectivity index (χ3n) is 4.05. The molecular formula is C18H24O4. The van der Waals surface area contributed by atoms with Gasteiger partial charge in [0.1, 0.15) is 23.7 Å². The molecule has 1 saturated carbocycles. The van der Waals surface area contributed by atoms with Crippen molar-refractivity contribution in [2.75, 3.05) is 13.2 Å². The molecule has 1 fully saturated rings. The first-order valence-electron chi connectivity index (χ1n) is 7.86. The quantitative estimate of drug-likeness (QED) is 0.766. The van der Waals surface area contributed by atoms with E-state index in [4.69, 9.17) is 9.47 Å². The van der Waals surface area contributed by atoms with Gasteiger partial charge in [-0.15, -0.1) is 0 Å². The molecule has 0 bridgehead atoms. The lowest BCUT2D eigenvalue weighted by Crippen LogP contribution is -2.17. The third-order valence-corrected chi connectivity index (χ3v) is 4.05. The standard InChI is InChI=1S/C18H24O4/c1-3-9-21-15-10-13(2)17(18(19)20)16(11-15)22-12-14-7-5-4-6-8-14/h3,10-11,14H,1,4-9,12H2,2H3,(H,19,20). The molecule has 0 saturated heterocycles. The Bertz CT molecular complexity index is 530. The Morgan fingerprint density at radius 3 is 2.68 bits per heavy atom. The second-order valence-corrected chi connectivity index (χ2v) is 5.83. The molecular weight excluding hydrogens is 280 g/mol. The van der Waals surface area contributed by atoms with E-state index in [1.807, 2.05) is 0 Å². The molecule has 0 aliphatic heterocycles. The number of carbonyl (C=O) groups is 1. The van der Waals surface area contributed by atoms with Crippen LogP contribution in [-0.2, 0) is 0 Å². The highest BCUT2D eigenvalue weighted by Gasteiger charge is 2.19. The average Bonchev–Trinajstić information content (AvgIpc) is 2.51. The molecule has 4 heteroatoms. The van der Waals surface area contributed by atoms with Gasteiger partial charge in [-0.1, -0.05) is 31.9 Å². The number of hydrogen-bond donors (Lipinski definition) is 1. The first kappa shape index (κ1) is 16.4. The van der Waals surface area contributed by atoms with Gasteiger partial charge in [0.2, 0.25) is 0 Å². The lowest BCUT2D eigenvalue weighted by atomic mass is 9.90. The fraction of sp³-hybridized carbons (Fsp3) is 0.500. The topological polar surface area (TPSA) is 55.8 Å². The Morgan fingerprint density at radius 1 is 1.32 bits per heavy atom. The van der Waals surface area contributed by atoms with Crippen LogP contribution in [0.15, 0.2) is 24.8 Å². The van der Waals surface area contributed by atoms with Crippen molar-refractivity contribution in [1.29, 1.82) is 0 Å². The zero-order valence-corrected chi connectivity index (χ0v) is 13.1. The number of hydrogen-bond acceptors (Lipinski definition) is 3. The van der Waals surface area contributed by atoms with E-state index in [0.717, 1.165) is 12.8 Å². The van der Waals surface area contributed by atoms with Crippen LogP contribution in [0.1, 0.15) is 48.0 Å². The molecule has 0 radical (unpaired) electrons. The molecule has 4 nitrogen and oxygen atoms in total. The monoisotopic (exact) mass is 304 g/mol. The fourth-order valence-electron chi connectivity index (χ4n) is 2.91. The van der Waals surface area contributed by atoms with Gasteiger partial charge in [-0.2, -0.15) is 0 Å². The molecule has 1 aliphatic rings. The van der Waals surface area contributed by atoms with Gasteiger partial charge in [0.05, 0.1) is 6.61 Å². The summed E-state index contributed by atoms with van der Waals surface area (Å²) in [7, 11) is 0. The predicted molar refractivity (Wildman–Crippen MR) is 85.9 cm³/mol. The van der Waals surface area contributed by atoms with E-state index in [1.165, 1.54) is 19.3 Å². The summed E-state index contributed by atoms with van der Waals surface area (Å²) in [5.41, 5.74) is 0.870. The normalized spacial score (nSPS) is 15.3. The van der Waals surface area contributed by atoms with Crippen molar-refractivity contribution in [3.8, 4) is 11.5 Å². The van der Waals surface area contributed by atoms with Gasteiger partial charge < -0.3 is 14.6 Å². The minimum Gasteiger partial charge on any atom is -0.492 e. The van der Waals surface area contributed by atoms with Gasteiger partial charge in [-0.05, 0) is 37.3 Å². The highest BCUT2D eigenvalue weighted by atomic mass is 16.5. The van der Waals surface area contributed by atoms with Gasteiger partial charge in [-0.3, -0.25) is 0 Å². The second-order valence-electron chi connectivity index (χ2n) is 5.83. The van der Waals surface area contributed by atoms with Crippen LogP contribution in [0.3, 0.4) is 0 Å². The lowest BCUT2D eigenvalue weighted by molar-refractivity contribution is 0.0689. The minimum atomic E-state index is -0.966. The van der Waals surface area contributed by atoms with Crippen LogP contribution >= 0.6 is 0 Å². The summed E-state index contributed by atoms with van der Waals surface area (Å²) < 4.78 is 11.4. The number of carboxylic acid groups (broad SMARTS) is 1. The highest BCUT2D eigenvalue weighted by molar-refractivity contribution is 5.93. The third kappa shape index (κ3) is 4.26. The number of rotatable bonds is 7. The molecule has 2 rings (SSSR count). The summed E-state index contributed by atoms with van der Waals surface area (Å²) in [6.07, 6.45) is 7.74. The summed E-state index contributed by atoms with van der Waals surface area (Å²) >= 11 is 0. The van der Waals surface area contributed by atoms with E-state index in [-0.39, 0.29) is 5.56 Å². The molecule has 0 aromatic heterocycles. The maximum Gasteiger partial charge on any atom is 0.339 e. The Morgan fingerprint density at radius 2 is 2.05 bits per heavy atom. The van der Waals surface area contributed by atoms with E-state index in [2.05, 4.69) is 6.58 Å². The molecule has 22 heavy (non-hydrogen) atoms. The molecule has 0 unspecified atom stereocenters. The number of benzene rings is 1. The lowest BCUT2D eigenvalue weighted by Gasteiger charge is -2.22. The molecule has 0 heterocycles. The van der Waals surface area contributed by atoms with Crippen LogP contribution < -0.4 is 9.47 Å². The minimum absolute atomic E-state index is 0.224. The Balaban J connectivity index is 2.15. The molecule has 0 atom stereocenters. The zero-order chi connectivity index (χ0) is 15.9. The summed E-state index contributed by atoms with van der Waals surface area (Å²) in [5, 5.41) is 9.41. The SMILES string of the molecule is C=CCOc1cc(C)c(C(=O)O)c(OCC2CCCCC2)c1. The van der Waals surface area contributed by atoms with E-state index in [0.29, 0.717) is 36.2 Å². The van der Waals surface area contributed by atoms with Crippen molar-refractivity contribution in [2.24, 2.45) is 5.92 Å².